The summed E-state index contributed by atoms with van der Waals surface area (Å²) in [6, 6.07) is 4.89. The first-order valence-electron chi connectivity index (χ1n) is 6.15. The summed E-state index contributed by atoms with van der Waals surface area (Å²) in [6.45, 7) is 3.72. The van der Waals surface area contributed by atoms with E-state index in [0.29, 0.717) is 6.61 Å². The highest BCUT2D eigenvalue weighted by molar-refractivity contribution is 7.89. The van der Waals surface area contributed by atoms with Crippen LogP contribution in [0.2, 0.25) is 0 Å². The Bertz CT molecular complexity index is 580. The third-order valence-corrected chi connectivity index (χ3v) is 5.62. The first kappa shape index (κ1) is 14.3. The van der Waals surface area contributed by atoms with Gasteiger partial charge in [0.1, 0.15) is 5.75 Å². The van der Waals surface area contributed by atoms with Gasteiger partial charge in [-0.3, -0.25) is 0 Å². The summed E-state index contributed by atoms with van der Waals surface area (Å²) >= 11 is 0. The third-order valence-electron chi connectivity index (χ3n) is 3.56. The average Bonchev–Trinajstić information content (AvgIpc) is 2.84. The van der Waals surface area contributed by atoms with Crippen LogP contribution < -0.4 is 4.74 Å². The fourth-order valence-electron chi connectivity index (χ4n) is 1.91. The number of benzene rings is 1. The largest absolute Gasteiger partial charge is 0.493 e. The number of ether oxygens (including phenoxy) is 1. The lowest BCUT2D eigenvalue weighted by Gasteiger charge is -2.32. The van der Waals surface area contributed by atoms with Crippen LogP contribution in [0.15, 0.2) is 23.1 Å². The summed E-state index contributed by atoms with van der Waals surface area (Å²) in [5.74, 6) is 0.753. The quantitative estimate of drug-likeness (QED) is 0.896. The van der Waals surface area contributed by atoms with Crippen molar-refractivity contribution < 1.29 is 18.3 Å². The number of likely N-dealkylation sites (N-methyl/N-ethyl adjacent to an activating group) is 1. The molecule has 0 spiro atoms. The van der Waals surface area contributed by atoms with Crippen molar-refractivity contribution in [3.05, 3.63) is 23.8 Å². The molecule has 1 aliphatic heterocycles. The molecule has 1 heterocycles. The molecule has 0 radical (unpaired) electrons. The Morgan fingerprint density at radius 1 is 1.42 bits per heavy atom. The zero-order chi connectivity index (χ0) is 14.3. The minimum absolute atomic E-state index is 0.237. The Labute approximate surface area is 113 Å². The van der Waals surface area contributed by atoms with Gasteiger partial charge in [-0.05, 0) is 37.6 Å². The highest BCUT2D eigenvalue weighted by Crippen LogP contribution is 2.30. The van der Waals surface area contributed by atoms with Crippen LogP contribution >= 0.6 is 0 Å². The van der Waals surface area contributed by atoms with Gasteiger partial charge in [0.2, 0.25) is 10.0 Å². The Balaban J connectivity index is 2.40. The van der Waals surface area contributed by atoms with Crippen LogP contribution in [0.4, 0.5) is 0 Å². The molecule has 0 bridgehead atoms. The monoisotopic (exact) mass is 285 g/mol. The molecule has 0 unspecified atom stereocenters. The van der Waals surface area contributed by atoms with Crippen LogP contribution in [0.1, 0.15) is 19.4 Å². The van der Waals surface area contributed by atoms with Gasteiger partial charge in [-0.2, -0.15) is 4.31 Å². The van der Waals surface area contributed by atoms with Crippen molar-refractivity contribution >= 4 is 10.0 Å². The molecule has 1 aromatic rings. The van der Waals surface area contributed by atoms with Gasteiger partial charge in [-0.25, -0.2) is 8.42 Å². The molecule has 1 aromatic carbocycles. The van der Waals surface area contributed by atoms with E-state index in [2.05, 4.69) is 0 Å². The van der Waals surface area contributed by atoms with Crippen molar-refractivity contribution in [1.82, 2.24) is 4.31 Å². The zero-order valence-corrected chi connectivity index (χ0v) is 12.2. The summed E-state index contributed by atoms with van der Waals surface area (Å²) in [5.41, 5.74) is 0.0743. The number of hydrogen-bond donors (Lipinski definition) is 1. The molecule has 1 aliphatic rings. The maximum atomic E-state index is 12.5. The van der Waals surface area contributed by atoms with Crippen LogP contribution in [-0.2, 0) is 16.4 Å². The summed E-state index contributed by atoms with van der Waals surface area (Å²) in [4.78, 5) is 0.237. The molecule has 6 heteroatoms. The predicted molar refractivity (Wildman–Crippen MR) is 71.8 cm³/mol. The smallest absolute Gasteiger partial charge is 0.243 e. The lowest BCUT2D eigenvalue weighted by Crippen LogP contribution is -2.47. The number of rotatable bonds is 4. The molecule has 0 atom stereocenters. The van der Waals surface area contributed by atoms with E-state index in [4.69, 9.17) is 4.74 Å². The van der Waals surface area contributed by atoms with Crippen molar-refractivity contribution in [3.8, 4) is 5.75 Å². The maximum Gasteiger partial charge on any atom is 0.243 e. The Hall–Kier alpha value is -1.11. The van der Waals surface area contributed by atoms with Gasteiger partial charge in [0.05, 0.1) is 23.6 Å². The number of sulfonamides is 1. The van der Waals surface area contributed by atoms with Crippen LogP contribution in [0.3, 0.4) is 0 Å². The zero-order valence-electron chi connectivity index (χ0n) is 11.4. The van der Waals surface area contributed by atoms with E-state index in [-0.39, 0.29) is 11.5 Å². The van der Waals surface area contributed by atoms with Gasteiger partial charge < -0.3 is 9.84 Å². The number of fused-ring (bicyclic) bond motifs is 1. The fraction of sp³-hybridized carbons (Fsp3) is 0.538. The summed E-state index contributed by atoms with van der Waals surface area (Å²) in [6.07, 6.45) is 0.728. The first-order valence-corrected chi connectivity index (χ1v) is 7.59. The standard InChI is InChI=1S/C13H19NO4S/c1-13(2,9-15)14(3)19(16,17)11-4-5-12-10(8-11)6-7-18-12/h4-5,8,15H,6-7,9H2,1-3H3. The van der Waals surface area contributed by atoms with Gasteiger partial charge >= 0.3 is 0 Å². The van der Waals surface area contributed by atoms with E-state index >= 15 is 0 Å². The van der Waals surface area contributed by atoms with Crippen LogP contribution in [0.25, 0.3) is 0 Å². The molecule has 2 rings (SSSR count). The molecule has 0 amide bonds. The fourth-order valence-corrected chi connectivity index (χ4v) is 3.46. The molecular weight excluding hydrogens is 266 g/mol. The van der Waals surface area contributed by atoms with Gasteiger partial charge in [-0.1, -0.05) is 0 Å². The van der Waals surface area contributed by atoms with E-state index in [1.807, 2.05) is 0 Å². The average molecular weight is 285 g/mol. The topological polar surface area (TPSA) is 66.8 Å². The maximum absolute atomic E-state index is 12.5. The summed E-state index contributed by atoms with van der Waals surface area (Å²) in [7, 11) is -2.13. The molecule has 19 heavy (non-hydrogen) atoms. The second-order valence-electron chi connectivity index (χ2n) is 5.31. The van der Waals surface area contributed by atoms with E-state index in [9.17, 15) is 13.5 Å². The van der Waals surface area contributed by atoms with Crippen LogP contribution in [0, 0.1) is 0 Å². The second-order valence-corrected chi connectivity index (χ2v) is 7.28. The van der Waals surface area contributed by atoms with E-state index in [0.717, 1.165) is 17.7 Å². The molecule has 106 valence electrons. The molecule has 1 N–H and O–H groups in total. The molecule has 0 saturated heterocycles. The van der Waals surface area contributed by atoms with Crippen molar-refractivity contribution in [1.29, 1.82) is 0 Å². The Morgan fingerprint density at radius 3 is 2.74 bits per heavy atom. The van der Waals surface area contributed by atoms with Crippen molar-refractivity contribution in [2.24, 2.45) is 0 Å². The number of aliphatic hydroxyl groups is 1. The molecule has 0 aromatic heterocycles. The SMILES string of the molecule is CN(C(C)(C)CO)S(=O)(=O)c1ccc2c(c1)CCO2. The van der Waals surface area contributed by atoms with Gasteiger partial charge in [-0.15, -0.1) is 0 Å². The molecular formula is C13H19NO4S. The first-order chi connectivity index (χ1) is 8.79. The second kappa shape index (κ2) is 4.77. The molecule has 0 saturated carbocycles. The third kappa shape index (κ3) is 2.48. The van der Waals surface area contributed by atoms with Gasteiger partial charge in [0.25, 0.3) is 0 Å². The molecule has 5 nitrogen and oxygen atoms in total. The summed E-state index contributed by atoms with van der Waals surface area (Å²) < 4.78 is 31.6. The molecule has 0 aliphatic carbocycles. The van der Waals surface area contributed by atoms with E-state index in [1.54, 1.807) is 32.0 Å². The minimum atomic E-state index is -3.61. The normalized spacial score (nSPS) is 15.4. The van der Waals surface area contributed by atoms with E-state index < -0.39 is 15.6 Å². The van der Waals surface area contributed by atoms with Crippen molar-refractivity contribution in [2.75, 3.05) is 20.3 Å². The van der Waals surface area contributed by atoms with Gasteiger partial charge in [0, 0.05) is 13.5 Å². The van der Waals surface area contributed by atoms with E-state index in [1.165, 1.54) is 11.4 Å². The summed E-state index contributed by atoms with van der Waals surface area (Å²) in [5, 5.41) is 9.30. The minimum Gasteiger partial charge on any atom is -0.493 e. The Kier molecular flexibility index (Phi) is 3.59. The number of nitrogens with zero attached hydrogens (tertiary/aromatic N) is 1. The highest BCUT2D eigenvalue weighted by Gasteiger charge is 2.34. The lowest BCUT2D eigenvalue weighted by atomic mass is 10.1. The van der Waals surface area contributed by atoms with Crippen molar-refractivity contribution in [3.63, 3.8) is 0 Å². The van der Waals surface area contributed by atoms with Gasteiger partial charge in [0.15, 0.2) is 0 Å². The predicted octanol–water partition coefficient (Wildman–Crippen LogP) is 1.01. The molecule has 0 fully saturated rings. The highest BCUT2D eigenvalue weighted by atomic mass is 32.2. The van der Waals surface area contributed by atoms with Crippen LogP contribution in [-0.4, -0.2) is 43.6 Å². The van der Waals surface area contributed by atoms with Crippen molar-refractivity contribution in [2.45, 2.75) is 30.7 Å². The lowest BCUT2D eigenvalue weighted by molar-refractivity contribution is 0.138. The Morgan fingerprint density at radius 2 is 2.11 bits per heavy atom. The number of hydrogen-bond acceptors (Lipinski definition) is 4. The number of aliphatic hydroxyl groups excluding tert-OH is 1. The van der Waals surface area contributed by atoms with Crippen LogP contribution in [0.5, 0.6) is 5.75 Å².